The Bertz CT molecular complexity index is 136. The molecule has 0 aliphatic rings. The fourth-order valence-electron chi connectivity index (χ4n) is 1.31. The van der Waals surface area contributed by atoms with Gasteiger partial charge in [-0.15, -0.1) is 0 Å². The molecule has 0 amide bonds. The van der Waals surface area contributed by atoms with Gasteiger partial charge in [0.25, 0.3) is 0 Å². The topological polar surface area (TPSA) is 63.3 Å². The maximum atomic E-state index is 10.5. The molecule has 0 fully saturated rings. The molecule has 0 aromatic heterocycles. The van der Waals surface area contributed by atoms with Gasteiger partial charge in [0.1, 0.15) is 6.04 Å². The normalized spacial score (nSPS) is 15.6. The Balaban J connectivity index is 3.87. The fraction of sp³-hybridized carbons (Fsp3) is 0.889. The number of unbranched alkanes of at least 4 members (excludes halogenated alkanes) is 1. The highest BCUT2D eigenvalue weighted by molar-refractivity contribution is 5.73. The molecular weight excluding hydrogens is 154 g/mol. The van der Waals surface area contributed by atoms with Gasteiger partial charge in [-0.05, 0) is 12.3 Å². The van der Waals surface area contributed by atoms with Gasteiger partial charge in [-0.1, -0.05) is 33.1 Å². The Labute approximate surface area is 74.0 Å². The van der Waals surface area contributed by atoms with E-state index in [1.54, 1.807) is 0 Å². The quantitative estimate of drug-likeness (QED) is 0.641. The second-order valence-corrected chi connectivity index (χ2v) is 3.17. The van der Waals surface area contributed by atoms with Crippen LogP contribution < -0.4 is 5.73 Å². The summed E-state index contributed by atoms with van der Waals surface area (Å²) in [6, 6.07) is -0.679. The van der Waals surface area contributed by atoms with Gasteiger partial charge < -0.3 is 10.8 Å². The van der Waals surface area contributed by atoms with Gasteiger partial charge in [-0.25, -0.2) is 0 Å². The molecule has 2 unspecified atom stereocenters. The van der Waals surface area contributed by atoms with Gasteiger partial charge in [-0.3, -0.25) is 4.79 Å². The summed E-state index contributed by atoms with van der Waals surface area (Å²) < 4.78 is 0. The number of hydrogen-bond donors (Lipinski definition) is 2. The molecule has 2 atom stereocenters. The zero-order valence-electron chi connectivity index (χ0n) is 7.92. The zero-order valence-corrected chi connectivity index (χ0v) is 7.92. The van der Waals surface area contributed by atoms with Crippen LogP contribution in [0.3, 0.4) is 0 Å². The lowest BCUT2D eigenvalue weighted by molar-refractivity contribution is -0.140. The number of nitrogens with two attached hydrogens (primary N) is 1. The first-order valence-electron chi connectivity index (χ1n) is 4.61. The molecule has 0 radical (unpaired) electrons. The van der Waals surface area contributed by atoms with Crippen molar-refractivity contribution in [2.45, 2.75) is 45.6 Å². The molecule has 0 bridgehead atoms. The van der Waals surface area contributed by atoms with E-state index in [0.717, 1.165) is 25.7 Å². The summed E-state index contributed by atoms with van der Waals surface area (Å²) in [6.45, 7) is 4.09. The van der Waals surface area contributed by atoms with Gasteiger partial charge in [0.05, 0.1) is 0 Å². The fourth-order valence-corrected chi connectivity index (χ4v) is 1.31. The predicted molar refractivity (Wildman–Crippen MR) is 48.9 cm³/mol. The van der Waals surface area contributed by atoms with Crippen molar-refractivity contribution in [1.29, 1.82) is 0 Å². The first-order valence-corrected chi connectivity index (χ1v) is 4.61. The van der Waals surface area contributed by atoms with Gasteiger partial charge in [0.15, 0.2) is 0 Å². The predicted octanol–water partition coefficient (Wildman–Crippen LogP) is 1.61. The van der Waals surface area contributed by atoms with Crippen LogP contribution in [0.1, 0.15) is 39.5 Å². The van der Waals surface area contributed by atoms with Crippen LogP contribution in [0.25, 0.3) is 0 Å². The monoisotopic (exact) mass is 173 g/mol. The highest BCUT2D eigenvalue weighted by atomic mass is 16.4. The van der Waals surface area contributed by atoms with E-state index < -0.39 is 12.0 Å². The summed E-state index contributed by atoms with van der Waals surface area (Å²) in [6.07, 6.45) is 3.95. The van der Waals surface area contributed by atoms with Crippen LogP contribution in [0.2, 0.25) is 0 Å². The lowest BCUT2D eigenvalue weighted by atomic mass is 9.92. The van der Waals surface area contributed by atoms with Gasteiger partial charge in [-0.2, -0.15) is 0 Å². The molecule has 0 spiro atoms. The number of carboxylic acids is 1. The first-order chi connectivity index (χ1) is 5.63. The van der Waals surface area contributed by atoms with Crippen molar-refractivity contribution >= 4 is 5.97 Å². The lowest BCUT2D eigenvalue weighted by Gasteiger charge is -2.18. The third kappa shape index (κ3) is 3.72. The maximum absolute atomic E-state index is 10.5. The number of rotatable bonds is 6. The average molecular weight is 173 g/mol. The molecule has 0 aliphatic carbocycles. The second kappa shape index (κ2) is 6.00. The van der Waals surface area contributed by atoms with Crippen molar-refractivity contribution < 1.29 is 9.90 Å². The third-order valence-corrected chi connectivity index (χ3v) is 2.25. The molecule has 3 heteroatoms. The summed E-state index contributed by atoms with van der Waals surface area (Å²) >= 11 is 0. The Morgan fingerprint density at radius 2 is 2.08 bits per heavy atom. The van der Waals surface area contributed by atoms with Gasteiger partial charge in [0.2, 0.25) is 0 Å². The first kappa shape index (κ1) is 11.4. The molecule has 3 N–H and O–H groups in total. The van der Waals surface area contributed by atoms with Crippen molar-refractivity contribution in [1.82, 2.24) is 0 Å². The molecule has 0 aromatic carbocycles. The highest BCUT2D eigenvalue weighted by Crippen LogP contribution is 2.15. The Morgan fingerprint density at radius 3 is 2.42 bits per heavy atom. The van der Waals surface area contributed by atoms with Crippen molar-refractivity contribution in [3.63, 3.8) is 0 Å². The van der Waals surface area contributed by atoms with Gasteiger partial charge >= 0.3 is 5.97 Å². The van der Waals surface area contributed by atoms with Crippen LogP contribution in [0.15, 0.2) is 0 Å². The van der Waals surface area contributed by atoms with Crippen molar-refractivity contribution in [2.75, 3.05) is 0 Å². The second-order valence-electron chi connectivity index (χ2n) is 3.17. The molecule has 0 rings (SSSR count). The van der Waals surface area contributed by atoms with Crippen molar-refractivity contribution in [2.24, 2.45) is 11.7 Å². The summed E-state index contributed by atoms with van der Waals surface area (Å²) in [5, 5.41) is 8.66. The van der Waals surface area contributed by atoms with E-state index in [9.17, 15) is 4.79 Å². The summed E-state index contributed by atoms with van der Waals surface area (Å²) in [5.41, 5.74) is 5.51. The average Bonchev–Trinajstić information content (AvgIpc) is 2.05. The number of aliphatic carboxylic acids is 1. The molecule has 0 heterocycles. The Morgan fingerprint density at radius 1 is 1.50 bits per heavy atom. The standard InChI is InChI=1S/C9H19NO2/c1-3-5-6-7(4-2)8(10)9(11)12/h7-8H,3-6,10H2,1-2H3,(H,11,12). The number of carbonyl (C=O) groups is 1. The Kier molecular flexibility index (Phi) is 5.72. The molecule has 0 aromatic rings. The molecular formula is C9H19NO2. The maximum Gasteiger partial charge on any atom is 0.320 e. The van der Waals surface area contributed by atoms with Crippen LogP contribution in [0.5, 0.6) is 0 Å². The van der Waals surface area contributed by atoms with Crippen molar-refractivity contribution in [3.05, 3.63) is 0 Å². The van der Waals surface area contributed by atoms with Crippen LogP contribution in [-0.2, 0) is 4.79 Å². The van der Waals surface area contributed by atoms with E-state index in [1.807, 2.05) is 6.92 Å². The smallest absolute Gasteiger partial charge is 0.320 e. The number of carboxylic acid groups (broad SMARTS) is 1. The van der Waals surface area contributed by atoms with Crippen LogP contribution in [0.4, 0.5) is 0 Å². The molecule has 12 heavy (non-hydrogen) atoms. The SMILES string of the molecule is CCCCC(CC)C(N)C(=O)O. The van der Waals surface area contributed by atoms with Crippen LogP contribution >= 0.6 is 0 Å². The summed E-state index contributed by atoms with van der Waals surface area (Å²) in [4.78, 5) is 10.5. The minimum absolute atomic E-state index is 0.141. The van der Waals surface area contributed by atoms with Crippen LogP contribution in [0, 0.1) is 5.92 Å². The highest BCUT2D eigenvalue weighted by Gasteiger charge is 2.21. The Hall–Kier alpha value is -0.570. The van der Waals surface area contributed by atoms with E-state index in [4.69, 9.17) is 10.8 Å². The third-order valence-electron chi connectivity index (χ3n) is 2.25. The molecule has 3 nitrogen and oxygen atoms in total. The molecule has 0 aliphatic heterocycles. The van der Waals surface area contributed by atoms with E-state index in [2.05, 4.69) is 6.92 Å². The van der Waals surface area contributed by atoms with Crippen molar-refractivity contribution in [3.8, 4) is 0 Å². The molecule has 0 saturated heterocycles. The molecule has 72 valence electrons. The minimum Gasteiger partial charge on any atom is -0.480 e. The van der Waals surface area contributed by atoms with Gasteiger partial charge in [0, 0.05) is 0 Å². The van der Waals surface area contributed by atoms with E-state index in [0.29, 0.717) is 0 Å². The summed E-state index contributed by atoms with van der Waals surface area (Å²) in [5.74, 6) is -0.736. The summed E-state index contributed by atoms with van der Waals surface area (Å²) in [7, 11) is 0. The number of hydrogen-bond acceptors (Lipinski definition) is 2. The van der Waals surface area contributed by atoms with Crippen LogP contribution in [-0.4, -0.2) is 17.1 Å². The minimum atomic E-state index is -0.877. The van der Waals surface area contributed by atoms with E-state index in [1.165, 1.54) is 0 Å². The lowest BCUT2D eigenvalue weighted by Crippen LogP contribution is -2.37. The molecule has 0 saturated carbocycles. The zero-order chi connectivity index (χ0) is 9.56. The van der Waals surface area contributed by atoms with E-state index in [-0.39, 0.29) is 5.92 Å². The van der Waals surface area contributed by atoms with E-state index >= 15 is 0 Å². The largest absolute Gasteiger partial charge is 0.480 e.